The van der Waals surface area contributed by atoms with E-state index in [2.05, 4.69) is 15.6 Å². The first kappa shape index (κ1) is 17.7. The summed E-state index contributed by atoms with van der Waals surface area (Å²) in [5, 5.41) is 9.21. The number of carbonyl (C=O) groups is 2. The second-order valence-electron chi connectivity index (χ2n) is 6.24. The van der Waals surface area contributed by atoms with E-state index in [4.69, 9.17) is 11.6 Å². The van der Waals surface area contributed by atoms with Crippen molar-refractivity contribution in [2.75, 3.05) is 11.9 Å². The van der Waals surface area contributed by atoms with E-state index < -0.39 is 0 Å². The minimum Gasteiger partial charge on any atom is -0.352 e. The molecule has 0 radical (unpaired) electrons. The van der Waals surface area contributed by atoms with Gasteiger partial charge in [0.15, 0.2) is 0 Å². The number of nitrogens with zero attached hydrogens (tertiary/aromatic N) is 1. The molecule has 0 unspecified atom stereocenters. The number of halogens is 1. The molecule has 27 heavy (non-hydrogen) atoms. The predicted octanol–water partition coefficient (Wildman–Crippen LogP) is 3.93. The average molecular weight is 398 g/mol. The third kappa shape index (κ3) is 4.02. The summed E-state index contributed by atoms with van der Waals surface area (Å²) in [6.07, 6.45) is 1.07. The van der Waals surface area contributed by atoms with Gasteiger partial charge in [0, 0.05) is 40.2 Å². The summed E-state index contributed by atoms with van der Waals surface area (Å²) < 4.78 is 0. The van der Waals surface area contributed by atoms with Crippen LogP contribution in [-0.4, -0.2) is 23.3 Å². The Labute approximate surface area is 165 Å². The van der Waals surface area contributed by atoms with Crippen LogP contribution in [0.25, 0.3) is 11.3 Å². The summed E-state index contributed by atoms with van der Waals surface area (Å²) in [5.74, 6) is -0.123. The molecule has 0 fully saturated rings. The van der Waals surface area contributed by atoms with Gasteiger partial charge in [-0.15, -0.1) is 11.3 Å². The maximum atomic E-state index is 12.1. The molecule has 0 bridgehead atoms. The van der Waals surface area contributed by atoms with Gasteiger partial charge in [-0.1, -0.05) is 23.7 Å². The van der Waals surface area contributed by atoms with E-state index in [1.807, 2.05) is 23.6 Å². The molecule has 4 rings (SSSR count). The number of fused-ring (bicyclic) bond motifs is 1. The third-order valence-electron chi connectivity index (χ3n) is 4.29. The van der Waals surface area contributed by atoms with Crippen LogP contribution in [0.3, 0.4) is 0 Å². The lowest BCUT2D eigenvalue weighted by atomic mass is 10.1. The first-order valence-corrected chi connectivity index (χ1v) is 9.75. The fourth-order valence-corrected chi connectivity index (χ4v) is 3.96. The number of amides is 2. The zero-order chi connectivity index (χ0) is 18.8. The highest BCUT2D eigenvalue weighted by atomic mass is 35.5. The number of nitrogens with one attached hydrogen (secondary N) is 2. The van der Waals surface area contributed by atoms with Crippen molar-refractivity contribution in [2.45, 2.75) is 12.8 Å². The second-order valence-corrected chi connectivity index (χ2v) is 7.62. The molecule has 136 valence electrons. The predicted molar refractivity (Wildman–Crippen MR) is 107 cm³/mol. The van der Waals surface area contributed by atoms with Gasteiger partial charge in [0.1, 0.15) is 0 Å². The summed E-state index contributed by atoms with van der Waals surface area (Å²) in [6, 6.07) is 12.8. The Balaban J connectivity index is 1.37. The molecule has 7 heteroatoms. The van der Waals surface area contributed by atoms with Crippen molar-refractivity contribution in [3.63, 3.8) is 0 Å². The Morgan fingerprint density at radius 2 is 2.15 bits per heavy atom. The van der Waals surface area contributed by atoms with Crippen LogP contribution >= 0.6 is 22.9 Å². The van der Waals surface area contributed by atoms with Gasteiger partial charge in [0.2, 0.25) is 5.91 Å². The molecule has 1 aromatic heterocycles. The number of anilines is 1. The summed E-state index contributed by atoms with van der Waals surface area (Å²) in [7, 11) is 0. The zero-order valence-electron chi connectivity index (χ0n) is 14.3. The van der Waals surface area contributed by atoms with Gasteiger partial charge in [0.05, 0.1) is 17.1 Å². The molecule has 2 heterocycles. The first-order valence-electron chi connectivity index (χ1n) is 8.50. The summed E-state index contributed by atoms with van der Waals surface area (Å²) in [4.78, 5) is 28.3. The topological polar surface area (TPSA) is 71.1 Å². The highest BCUT2D eigenvalue weighted by Gasteiger charge is 2.18. The lowest BCUT2D eigenvalue weighted by molar-refractivity contribution is -0.115. The quantitative estimate of drug-likeness (QED) is 0.685. The molecule has 3 aromatic rings. The van der Waals surface area contributed by atoms with Crippen LogP contribution in [0.2, 0.25) is 5.02 Å². The average Bonchev–Trinajstić information content (AvgIpc) is 3.26. The monoisotopic (exact) mass is 397 g/mol. The molecule has 1 aliphatic rings. The molecule has 0 atom stereocenters. The van der Waals surface area contributed by atoms with Crippen molar-refractivity contribution in [3.05, 3.63) is 69.0 Å². The van der Waals surface area contributed by atoms with Crippen molar-refractivity contribution in [1.82, 2.24) is 10.3 Å². The molecule has 1 aliphatic heterocycles. The maximum absolute atomic E-state index is 12.1. The van der Waals surface area contributed by atoms with Gasteiger partial charge in [-0.3, -0.25) is 9.59 Å². The minimum atomic E-state index is -0.148. The molecule has 2 N–H and O–H groups in total. The van der Waals surface area contributed by atoms with Crippen LogP contribution < -0.4 is 10.6 Å². The van der Waals surface area contributed by atoms with Gasteiger partial charge in [-0.2, -0.15) is 0 Å². The van der Waals surface area contributed by atoms with E-state index in [0.29, 0.717) is 30.0 Å². The van der Waals surface area contributed by atoms with Crippen molar-refractivity contribution in [2.24, 2.45) is 0 Å². The Hall–Kier alpha value is -2.70. The molecule has 2 aromatic carbocycles. The summed E-state index contributed by atoms with van der Waals surface area (Å²) >= 11 is 7.47. The second kappa shape index (κ2) is 7.50. The smallest absolute Gasteiger partial charge is 0.251 e. The molecule has 0 saturated heterocycles. The molecule has 0 aliphatic carbocycles. The number of rotatable bonds is 5. The van der Waals surface area contributed by atoms with E-state index in [1.165, 1.54) is 0 Å². The highest BCUT2D eigenvalue weighted by Crippen LogP contribution is 2.29. The molecule has 2 amide bonds. The van der Waals surface area contributed by atoms with Gasteiger partial charge >= 0.3 is 0 Å². The van der Waals surface area contributed by atoms with Crippen molar-refractivity contribution >= 4 is 40.4 Å². The van der Waals surface area contributed by atoms with Crippen molar-refractivity contribution in [3.8, 4) is 11.3 Å². The molecular formula is C20H16ClN3O2S. The van der Waals surface area contributed by atoms with Gasteiger partial charge in [0.25, 0.3) is 5.91 Å². The Morgan fingerprint density at radius 1 is 1.26 bits per heavy atom. The van der Waals surface area contributed by atoms with Crippen LogP contribution in [0.5, 0.6) is 0 Å². The summed E-state index contributed by atoms with van der Waals surface area (Å²) in [6.45, 7) is 0.501. The number of benzene rings is 2. The van der Waals surface area contributed by atoms with Crippen LogP contribution in [0, 0.1) is 0 Å². The number of carbonyl (C=O) groups excluding carboxylic acids is 2. The molecule has 5 nitrogen and oxygen atoms in total. The van der Waals surface area contributed by atoms with Crippen LogP contribution in [-0.2, 0) is 17.6 Å². The van der Waals surface area contributed by atoms with E-state index >= 15 is 0 Å². The zero-order valence-corrected chi connectivity index (χ0v) is 15.9. The number of aromatic nitrogens is 1. The fraction of sp³-hybridized carbons (Fsp3) is 0.150. The SMILES string of the molecule is O=C1Cc2cc(-c3csc(CCNC(=O)c4cccc(Cl)c4)n3)ccc2N1. The number of hydrogen-bond donors (Lipinski definition) is 2. The number of hydrogen-bond acceptors (Lipinski definition) is 4. The summed E-state index contributed by atoms with van der Waals surface area (Å²) in [5.41, 5.74) is 4.31. The standard InChI is InChI=1S/C20H16ClN3O2S/c21-15-3-1-2-13(9-15)20(26)22-7-6-19-24-17(11-27-19)12-4-5-16-14(8-12)10-18(25)23-16/h1-5,8-9,11H,6-7,10H2,(H,22,26)(H,23,25). The maximum Gasteiger partial charge on any atom is 0.251 e. The molecule has 0 saturated carbocycles. The van der Waals surface area contributed by atoms with Crippen LogP contribution in [0.15, 0.2) is 47.8 Å². The highest BCUT2D eigenvalue weighted by molar-refractivity contribution is 7.09. The van der Waals surface area contributed by atoms with Gasteiger partial charge in [-0.25, -0.2) is 4.98 Å². The first-order chi connectivity index (χ1) is 13.1. The van der Waals surface area contributed by atoms with Crippen LogP contribution in [0.1, 0.15) is 20.9 Å². The molecule has 0 spiro atoms. The Bertz CT molecular complexity index is 1030. The van der Waals surface area contributed by atoms with Crippen molar-refractivity contribution in [1.29, 1.82) is 0 Å². The van der Waals surface area contributed by atoms with E-state index in [1.54, 1.807) is 35.6 Å². The Kier molecular flexibility index (Phi) is 4.92. The third-order valence-corrected chi connectivity index (χ3v) is 5.43. The largest absolute Gasteiger partial charge is 0.352 e. The van der Waals surface area contributed by atoms with Crippen molar-refractivity contribution < 1.29 is 9.59 Å². The normalized spacial score (nSPS) is 12.6. The Morgan fingerprint density at radius 3 is 3.00 bits per heavy atom. The molecular weight excluding hydrogens is 382 g/mol. The minimum absolute atomic E-state index is 0.0246. The van der Waals surface area contributed by atoms with E-state index in [9.17, 15) is 9.59 Å². The van der Waals surface area contributed by atoms with E-state index in [-0.39, 0.29) is 11.8 Å². The van der Waals surface area contributed by atoms with Gasteiger partial charge < -0.3 is 10.6 Å². The fourth-order valence-electron chi connectivity index (χ4n) is 2.96. The van der Waals surface area contributed by atoms with E-state index in [0.717, 1.165) is 27.5 Å². The van der Waals surface area contributed by atoms with Gasteiger partial charge in [-0.05, 0) is 35.9 Å². The number of thiazole rings is 1. The lowest BCUT2D eigenvalue weighted by Crippen LogP contribution is -2.25. The lowest BCUT2D eigenvalue weighted by Gasteiger charge is -2.04. The van der Waals surface area contributed by atoms with Crippen LogP contribution in [0.4, 0.5) is 5.69 Å².